The van der Waals surface area contributed by atoms with Crippen molar-refractivity contribution in [2.75, 3.05) is 68.8 Å². The lowest BCUT2D eigenvalue weighted by Crippen LogP contribution is -2.55. The van der Waals surface area contributed by atoms with Crippen molar-refractivity contribution in [3.8, 4) is 18.0 Å². The molecule has 4 heterocycles. The van der Waals surface area contributed by atoms with E-state index in [1.165, 1.54) is 22.4 Å². The second kappa shape index (κ2) is 13.8. The Balaban J connectivity index is 1.37. The molecule has 0 radical (unpaired) electrons. The molecule has 0 saturated carbocycles. The highest BCUT2D eigenvalue weighted by molar-refractivity contribution is 5.97. The molecule has 0 spiro atoms. The zero-order chi connectivity index (χ0) is 32.2. The first-order valence-corrected chi connectivity index (χ1v) is 16.2. The van der Waals surface area contributed by atoms with E-state index in [9.17, 15) is 20.4 Å². The Kier molecular flexibility index (Phi) is 9.39. The molecule has 1 amide bonds. The van der Waals surface area contributed by atoms with Crippen LogP contribution in [-0.2, 0) is 17.8 Å². The Labute approximate surface area is 270 Å². The summed E-state index contributed by atoms with van der Waals surface area (Å²) in [6.07, 6.45) is 3.15. The first-order valence-electron chi connectivity index (χ1n) is 16.2. The number of hydrogen-bond acceptors (Lipinski definition) is 9. The minimum atomic E-state index is -0.321. The first kappa shape index (κ1) is 31.3. The predicted octanol–water partition coefficient (Wildman–Crippen LogP) is 3.79. The number of anilines is 2. The molecule has 2 saturated heterocycles. The van der Waals surface area contributed by atoms with Crippen molar-refractivity contribution in [2.24, 2.45) is 5.92 Å². The van der Waals surface area contributed by atoms with E-state index in [0.717, 1.165) is 48.7 Å². The Bertz CT molecular complexity index is 1710. The molecule has 46 heavy (non-hydrogen) atoms. The van der Waals surface area contributed by atoms with Crippen LogP contribution in [0.1, 0.15) is 35.2 Å². The number of nitriles is 2. The van der Waals surface area contributed by atoms with Crippen LogP contribution in [0.15, 0.2) is 49.1 Å². The molecule has 3 aromatic rings. The molecule has 6 rings (SSSR count). The van der Waals surface area contributed by atoms with Crippen LogP contribution in [0.5, 0.6) is 5.88 Å². The van der Waals surface area contributed by atoms with Crippen LogP contribution >= 0.6 is 0 Å². The molecular formula is C36H41N7O3. The van der Waals surface area contributed by atoms with Crippen molar-refractivity contribution in [3.05, 3.63) is 71.4 Å². The van der Waals surface area contributed by atoms with E-state index in [-0.39, 0.29) is 30.9 Å². The maximum atomic E-state index is 12.6. The number of carbonyl (C=O) groups excluding carboxylic acids is 1. The van der Waals surface area contributed by atoms with Crippen molar-refractivity contribution in [1.29, 1.82) is 10.5 Å². The monoisotopic (exact) mass is 619 g/mol. The third-order valence-electron chi connectivity index (χ3n) is 9.66. The van der Waals surface area contributed by atoms with Crippen LogP contribution in [0.3, 0.4) is 0 Å². The number of benzene rings is 2. The number of likely N-dealkylation sites (tertiary alicyclic amines) is 1. The van der Waals surface area contributed by atoms with E-state index in [1.807, 2.05) is 0 Å². The number of hydrogen-bond donors (Lipinski definition) is 1. The van der Waals surface area contributed by atoms with Gasteiger partial charge in [-0.2, -0.15) is 10.5 Å². The number of β-amino-alcohol motifs (C(OH)–C–C–N with tert-alkyl or cyclic N) is 1. The smallest absolute Gasteiger partial charge is 0.246 e. The summed E-state index contributed by atoms with van der Waals surface area (Å²) in [5.74, 6) is 0.436. The number of fused-ring (bicyclic) bond motifs is 2. The van der Waals surface area contributed by atoms with Crippen molar-refractivity contribution >= 4 is 28.1 Å². The number of pyridine rings is 1. The van der Waals surface area contributed by atoms with E-state index >= 15 is 0 Å². The minimum Gasteiger partial charge on any atom is -0.476 e. The molecule has 3 aliphatic rings. The fourth-order valence-electron chi connectivity index (χ4n) is 7.40. The van der Waals surface area contributed by atoms with Gasteiger partial charge < -0.3 is 29.4 Å². The van der Waals surface area contributed by atoms with Gasteiger partial charge in [0.05, 0.1) is 49.7 Å². The highest BCUT2D eigenvalue weighted by atomic mass is 16.5. The van der Waals surface area contributed by atoms with Crippen molar-refractivity contribution in [2.45, 2.75) is 38.8 Å². The summed E-state index contributed by atoms with van der Waals surface area (Å²) in [6.45, 7) is 11.5. The fourth-order valence-corrected chi connectivity index (χ4v) is 7.40. The van der Waals surface area contributed by atoms with Gasteiger partial charge in [-0.1, -0.05) is 36.9 Å². The Morgan fingerprint density at radius 3 is 2.72 bits per heavy atom. The third kappa shape index (κ3) is 6.11. The highest BCUT2D eigenvalue weighted by Gasteiger charge is 2.35. The topological polar surface area (TPSA) is 120 Å². The van der Waals surface area contributed by atoms with Gasteiger partial charge in [0.2, 0.25) is 11.8 Å². The van der Waals surface area contributed by atoms with Crippen LogP contribution in [0.4, 0.5) is 11.4 Å². The second-order valence-electron chi connectivity index (χ2n) is 12.5. The molecule has 238 valence electrons. The summed E-state index contributed by atoms with van der Waals surface area (Å²) in [6, 6.07) is 17.1. The maximum absolute atomic E-state index is 12.6. The first-order chi connectivity index (χ1) is 22.4. The Morgan fingerprint density at radius 1 is 1.13 bits per heavy atom. The average molecular weight is 620 g/mol. The largest absolute Gasteiger partial charge is 0.476 e. The van der Waals surface area contributed by atoms with Crippen LogP contribution in [-0.4, -0.2) is 90.9 Å². The summed E-state index contributed by atoms with van der Waals surface area (Å²) in [5, 5.41) is 32.0. The molecule has 0 aliphatic carbocycles. The molecule has 2 fully saturated rings. The lowest BCUT2D eigenvalue weighted by atomic mass is 9.95. The quantitative estimate of drug-likeness (QED) is 0.357. The Hall–Kier alpha value is -4.64. The maximum Gasteiger partial charge on any atom is 0.246 e. The van der Waals surface area contributed by atoms with Gasteiger partial charge in [0.25, 0.3) is 0 Å². The van der Waals surface area contributed by atoms with Gasteiger partial charge in [0.1, 0.15) is 11.6 Å². The van der Waals surface area contributed by atoms with Gasteiger partial charge in [-0.25, -0.2) is 4.98 Å². The zero-order valence-corrected chi connectivity index (χ0v) is 26.5. The van der Waals surface area contributed by atoms with E-state index < -0.39 is 0 Å². The number of amides is 1. The summed E-state index contributed by atoms with van der Waals surface area (Å²) in [4.78, 5) is 26.2. The molecule has 10 heteroatoms. The number of nitrogens with zero attached hydrogens (tertiary/aromatic N) is 7. The number of carbonyl (C=O) groups is 1. The number of aromatic nitrogens is 1. The lowest BCUT2D eigenvalue weighted by Gasteiger charge is -2.43. The molecule has 1 aromatic heterocycles. The van der Waals surface area contributed by atoms with Crippen molar-refractivity contribution in [1.82, 2.24) is 14.8 Å². The van der Waals surface area contributed by atoms with E-state index in [4.69, 9.17) is 9.72 Å². The number of aliphatic hydroxyl groups is 1. The Morgan fingerprint density at radius 2 is 1.96 bits per heavy atom. The van der Waals surface area contributed by atoms with Crippen LogP contribution < -0.4 is 14.5 Å². The third-order valence-corrected chi connectivity index (χ3v) is 9.66. The number of piperazine rings is 1. The molecule has 2 unspecified atom stereocenters. The van der Waals surface area contributed by atoms with Gasteiger partial charge in [-0.3, -0.25) is 4.79 Å². The van der Waals surface area contributed by atoms with Crippen LogP contribution in [0.25, 0.3) is 10.8 Å². The molecule has 0 bridgehead atoms. The van der Waals surface area contributed by atoms with Gasteiger partial charge >= 0.3 is 0 Å². The van der Waals surface area contributed by atoms with Gasteiger partial charge in [-0.05, 0) is 49.4 Å². The summed E-state index contributed by atoms with van der Waals surface area (Å²) in [5.41, 5.74) is 5.54. The van der Waals surface area contributed by atoms with Crippen LogP contribution in [0.2, 0.25) is 0 Å². The number of ether oxygens (including phenoxy) is 1. The fraction of sp³-hybridized carbons (Fsp3) is 0.444. The van der Waals surface area contributed by atoms with Gasteiger partial charge in [-0.15, -0.1) is 0 Å². The van der Waals surface area contributed by atoms with Crippen LogP contribution in [0, 0.1) is 35.5 Å². The van der Waals surface area contributed by atoms with E-state index in [2.05, 4.69) is 76.7 Å². The molecule has 2 atom stereocenters. The second-order valence-corrected chi connectivity index (χ2v) is 12.5. The SMILES string of the molecule is C=CC(=O)N1CCN(c2c(C#N)c(OCC3CCN(CCO)C3)nc3c2CCN(c2cccc4cccc(C)c24)C3)CC1CC#N. The van der Waals surface area contributed by atoms with Gasteiger partial charge in [0.15, 0.2) is 0 Å². The minimum absolute atomic E-state index is 0.132. The predicted molar refractivity (Wildman–Crippen MR) is 178 cm³/mol. The standard InChI is InChI=1S/C36H41N7O3/c1-3-33(45)43-17-16-42(22-28(43)10-13-37)35-29-12-15-41(32-9-5-8-27-7-4-6-25(2)34(27)32)23-31(29)39-36(30(35)20-38)46-24-26-11-14-40(21-26)18-19-44/h3-9,26,28,44H,1,10-12,14-19,21-24H2,2H3. The summed E-state index contributed by atoms with van der Waals surface area (Å²) < 4.78 is 6.42. The normalized spacial score (nSPS) is 19.9. The van der Waals surface area contributed by atoms with Crippen molar-refractivity contribution in [3.63, 3.8) is 0 Å². The van der Waals surface area contributed by atoms with E-state index in [0.29, 0.717) is 57.2 Å². The highest BCUT2D eigenvalue weighted by Crippen LogP contribution is 2.40. The van der Waals surface area contributed by atoms with E-state index in [1.54, 1.807) is 4.90 Å². The molecular weight excluding hydrogens is 578 g/mol. The molecule has 10 nitrogen and oxygen atoms in total. The lowest BCUT2D eigenvalue weighted by molar-refractivity contribution is -0.128. The average Bonchev–Trinajstić information content (AvgIpc) is 3.53. The molecule has 1 N–H and O–H groups in total. The summed E-state index contributed by atoms with van der Waals surface area (Å²) in [7, 11) is 0. The molecule has 3 aliphatic heterocycles. The molecule has 2 aromatic carbocycles. The zero-order valence-electron chi connectivity index (χ0n) is 26.5. The van der Waals surface area contributed by atoms with Crippen molar-refractivity contribution < 1.29 is 14.6 Å². The number of rotatable bonds is 9. The van der Waals surface area contributed by atoms with Gasteiger partial charge in [0, 0.05) is 61.8 Å². The summed E-state index contributed by atoms with van der Waals surface area (Å²) >= 11 is 0. The number of aliphatic hydroxyl groups excluding tert-OH is 1. The number of aryl methyl sites for hydroxylation is 1.